The largest absolute Gasteiger partial charge is 0.480 e. The Kier molecular flexibility index (Phi) is 2.49. The molecule has 3 N–H and O–H groups in total. The van der Waals surface area contributed by atoms with E-state index in [9.17, 15) is 4.79 Å². The summed E-state index contributed by atoms with van der Waals surface area (Å²) in [5, 5.41) is 10.6. The van der Waals surface area contributed by atoms with E-state index in [1.807, 2.05) is 17.5 Å². The molecule has 0 fully saturated rings. The zero-order chi connectivity index (χ0) is 9.19. The minimum atomic E-state index is -1.15. The fraction of sp³-hybridized carbons (Fsp3) is 0.375. The van der Waals surface area contributed by atoms with Gasteiger partial charge in [0.2, 0.25) is 0 Å². The van der Waals surface area contributed by atoms with Crippen LogP contribution in [0.4, 0.5) is 0 Å². The van der Waals surface area contributed by atoms with Crippen molar-refractivity contribution in [3.63, 3.8) is 0 Å². The zero-order valence-electron chi connectivity index (χ0n) is 6.78. The monoisotopic (exact) mass is 185 g/mol. The van der Waals surface area contributed by atoms with E-state index in [1.54, 1.807) is 0 Å². The van der Waals surface area contributed by atoms with Crippen LogP contribution < -0.4 is 5.73 Å². The van der Waals surface area contributed by atoms with Crippen molar-refractivity contribution in [3.05, 3.63) is 22.4 Å². The smallest absolute Gasteiger partial charge is 0.323 e. The Bertz CT molecular complexity index is 267. The Morgan fingerprint density at radius 1 is 1.83 bits per heavy atom. The summed E-state index contributed by atoms with van der Waals surface area (Å²) in [5.41, 5.74) is 4.41. The molecule has 0 saturated carbocycles. The molecule has 0 saturated heterocycles. The number of aliphatic carboxylic acids is 1. The summed E-state index contributed by atoms with van der Waals surface area (Å²) in [5.74, 6) is -0.962. The summed E-state index contributed by atoms with van der Waals surface area (Å²) >= 11 is 1.52. The number of thiophene rings is 1. The number of carboxylic acids is 1. The molecule has 0 radical (unpaired) electrons. The van der Waals surface area contributed by atoms with E-state index < -0.39 is 11.5 Å². The lowest BCUT2D eigenvalue weighted by Crippen LogP contribution is -2.46. The predicted octanol–water partition coefficient (Wildman–Crippen LogP) is 1.09. The second kappa shape index (κ2) is 3.25. The molecule has 3 nitrogen and oxygen atoms in total. The zero-order valence-corrected chi connectivity index (χ0v) is 7.60. The molecule has 0 spiro atoms. The standard InChI is InChI=1S/C8H11NO2S/c1-8(9,7(10)11)5-6-3-2-4-12-6/h2-4H,5,9H2,1H3,(H,10,11)/t8-/m0/s1. The van der Waals surface area contributed by atoms with Crippen LogP contribution in [0, 0.1) is 0 Å². The first-order chi connectivity index (χ1) is 5.52. The van der Waals surface area contributed by atoms with Crippen LogP contribution in [0.5, 0.6) is 0 Å². The lowest BCUT2D eigenvalue weighted by molar-refractivity contribution is -0.142. The third-order valence-corrected chi connectivity index (χ3v) is 2.49. The molecular formula is C8H11NO2S. The predicted molar refractivity (Wildman–Crippen MR) is 48.3 cm³/mol. The van der Waals surface area contributed by atoms with E-state index in [4.69, 9.17) is 10.8 Å². The van der Waals surface area contributed by atoms with E-state index in [0.717, 1.165) is 4.88 Å². The molecule has 1 aromatic rings. The molecule has 66 valence electrons. The highest BCUT2D eigenvalue weighted by Gasteiger charge is 2.28. The molecular weight excluding hydrogens is 174 g/mol. The van der Waals surface area contributed by atoms with E-state index in [2.05, 4.69) is 0 Å². The van der Waals surface area contributed by atoms with Gasteiger partial charge in [-0.3, -0.25) is 4.79 Å². The van der Waals surface area contributed by atoms with Crippen molar-refractivity contribution in [2.24, 2.45) is 5.73 Å². The fourth-order valence-corrected chi connectivity index (χ4v) is 1.72. The summed E-state index contributed by atoms with van der Waals surface area (Å²) in [4.78, 5) is 11.6. The van der Waals surface area contributed by atoms with Crippen LogP contribution in [0.15, 0.2) is 17.5 Å². The SMILES string of the molecule is C[C@](N)(Cc1cccs1)C(=O)O. The molecule has 0 unspecified atom stereocenters. The van der Waals surface area contributed by atoms with Crippen molar-refractivity contribution < 1.29 is 9.90 Å². The topological polar surface area (TPSA) is 63.3 Å². The van der Waals surface area contributed by atoms with Crippen molar-refractivity contribution in [1.29, 1.82) is 0 Å². The van der Waals surface area contributed by atoms with Crippen molar-refractivity contribution in [2.45, 2.75) is 18.9 Å². The van der Waals surface area contributed by atoms with Crippen LogP contribution in [0.2, 0.25) is 0 Å². The molecule has 0 aliphatic rings. The van der Waals surface area contributed by atoms with Crippen molar-refractivity contribution >= 4 is 17.3 Å². The minimum Gasteiger partial charge on any atom is -0.480 e. The van der Waals surface area contributed by atoms with Gasteiger partial charge in [0.15, 0.2) is 0 Å². The summed E-state index contributed by atoms with van der Waals surface area (Å²) in [6.45, 7) is 1.52. The lowest BCUT2D eigenvalue weighted by atomic mass is 9.99. The molecule has 0 aromatic carbocycles. The van der Waals surface area contributed by atoms with Gasteiger partial charge in [0.05, 0.1) is 0 Å². The molecule has 0 aliphatic carbocycles. The van der Waals surface area contributed by atoms with E-state index in [-0.39, 0.29) is 0 Å². The van der Waals surface area contributed by atoms with E-state index in [1.165, 1.54) is 18.3 Å². The van der Waals surface area contributed by atoms with Crippen molar-refractivity contribution in [1.82, 2.24) is 0 Å². The maximum absolute atomic E-state index is 10.6. The van der Waals surface area contributed by atoms with Crippen LogP contribution >= 0.6 is 11.3 Å². The van der Waals surface area contributed by atoms with Gasteiger partial charge in [-0.1, -0.05) is 6.07 Å². The third kappa shape index (κ3) is 2.06. The molecule has 4 heteroatoms. The van der Waals surface area contributed by atoms with Gasteiger partial charge in [0, 0.05) is 11.3 Å². The Morgan fingerprint density at radius 2 is 2.50 bits per heavy atom. The molecule has 0 bridgehead atoms. The van der Waals surface area contributed by atoms with Gasteiger partial charge in [-0.25, -0.2) is 0 Å². The highest BCUT2D eigenvalue weighted by Crippen LogP contribution is 2.15. The number of nitrogens with two attached hydrogens (primary N) is 1. The third-order valence-electron chi connectivity index (χ3n) is 1.61. The van der Waals surface area contributed by atoms with Gasteiger partial charge in [-0.2, -0.15) is 0 Å². The first kappa shape index (κ1) is 9.22. The first-order valence-corrected chi connectivity index (χ1v) is 4.45. The Hall–Kier alpha value is -0.870. The molecule has 1 atom stereocenters. The number of carboxylic acid groups (broad SMARTS) is 1. The van der Waals surface area contributed by atoms with Crippen molar-refractivity contribution in [2.75, 3.05) is 0 Å². The fourth-order valence-electron chi connectivity index (χ4n) is 0.851. The average molecular weight is 185 g/mol. The van der Waals surface area contributed by atoms with Crippen LogP contribution in [0.1, 0.15) is 11.8 Å². The Balaban J connectivity index is 2.69. The summed E-state index contributed by atoms with van der Waals surface area (Å²) in [7, 11) is 0. The number of hydrogen-bond donors (Lipinski definition) is 2. The minimum absolute atomic E-state index is 0.389. The Labute approximate surface area is 74.8 Å². The van der Waals surface area contributed by atoms with Gasteiger partial charge >= 0.3 is 5.97 Å². The molecule has 1 aromatic heterocycles. The summed E-state index contributed by atoms with van der Waals surface area (Å²) in [6.07, 6.45) is 0.389. The molecule has 0 aliphatic heterocycles. The quantitative estimate of drug-likeness (QED) is 0.741. The number of carbonyl (C=O) groups is 1. The lowest BCUT2D eigenvalue weighted by Gasteiger charge is -2.17. The van der Waals surface area contributed by atoms with Crippen LogP contribution in [0.3, 0.4) is 0 Å². The maximum atomic E-state index is 10.6. The van der Waals surface area contributed by atoms with Gasteiger partial charge < -0.3 is 10.8 Å². The molecule has 12 heavy (non-hydrogen) atoms. The van der Waals surface area contributed by atoms with Gasteiger partial charge in [-0.15, -0.1) is 11.3 Å². The summed E-state index contributed by atoms with van der Waals surface area (Å²) in [6, 6.07) is 3.77. The Morgan fingerprint density at radius 3 is 2.92 bits per heavy atom. The van der Waals surface area contributed by atoms with Gasteiger partial charge in [0.1, 0.15) is 5.54 Å². The number of rotatable bonds is 3. The van der Waals surface area contributed by atoms with Crippen LogP contribution in [-0.4, -0.2) is 16.6 Å². The molecule has 0 amide bonds. The highest BCUT2D eigenvalue weighted by atomic mass is 32.1. The second-order valence-corrected chi connectivity index (χ2v) is 4.01. The van der Waals surface area contributed by atoms with Gasteiger partial charge in [-0.05, 0) is 18.4 Å². The van der Waals surface area contributed by atoms with E-state index in [0.29, 0.717) is 6.42 Å². The second-order valence-electron chi connectivity index (χ2n) is 2.98. The first-order valence-electron chi connectivity index (χ1n) is 3.57. The van der Waals surface area contributed by atoms with Crippen LogP contribution in [-0.2, 0) is 11.2 Å². The van der Waals surface area contributed by atoms with E-state index >= 15 is 0 Å². The van der Waals surface area contributed by atoms with Crippen LogP contribution in [0.25, 0.3) is 0 Å². The maximum Gasteiger partial charge on any atom is 0.323 e. The molecule has 1 heterocycles. The van der Waals surface area contributed by atoms with Gasteiger partial charge in [0.25, 0.3) is 0 Å². The summed E-state index contributed by atoms with van der Waals surface area (Å²) < 4.78 is 0. The number of hydrogen-bond acceptors (Lipinski definition) is 3. The average Bonchev–Trinajstić information content (AvgIpc) is 2.38. The highest BCUT2D eigenvalue weighted by molar-refractivity contribution is 7.09. The van der Waals surface area contributed by atoms with Crippen molar-refractivity contribution in [3.8, 4) is 0 Å². The molecule has 1 rings (SSSR count). The normalized spacial score (nSPS) is 15.5.